The first-order chi connectivity index (χ1) is 19.1. The fraction of sp³-hybridized carbons (Fsp3) is 0.167. The van der Waals surface area contributed by atoms with Gasteiger partial charge in [-0.05, 0) is 30.3 Å². The quantitative estimate of drug-likeness (QED) is 0.325. The van der Waals surface area contributed by atoms with Crippen LogP contribution in [0.25, 0.3) is 22.2 Å². The van der Waals surface area contributed by atoms with Gasteiger partial charge in [-0.2, -0.15) is 0 Å². The van der Waals surface area contributed by atoms with Crippen LogP contribution in [0.3, 0.4) is 0 Å². The molecule has 7 rings (SSSR count). The van der Waals surface area contributed by atoms with E-state index in [9.17, 15) is 9.59 Å². The van der Waals surface area contributed by atoms with Gasteiger partial charge in [0, 0.05) is 49.1 Å². The Balaban J connectivity index is 1.32. The van der Waals surface area contributed by atoms with E-state index in [1.54, 1.807) is 24.1 Å². The monoisotopic (exact) mass is 520 g/mol. The summed E-state index contributed by atoms with van der Waals surface area (Å²) in [5.41, 5.74) is 4.75. The number of nitrogens with zero attached hydrogens (tertiary/aromatic N) is 3. The van der Waals surface area contributed by atoms with E-state index < -0.39 is 0 Å². The van der Waals surface area contributed by atoms with E-state index >= 15 is 0 Å². The fourth-order valence-electron chi connectivity index (χ4n) is 5.44. The van der Waals surface area contributed by atoms with E-state index in [2.05, 4.69) is 15.4 Å². The number of piperazine rings is 1. The lowest BCUT2D eigenvalue weighted by molar-refractivity contribution is 0.0714. The number of methoxy groups -OCH3 is 1. The zero-order valence-electron chi connectivity index (χ0n) is 21.1. The van der Waals surface area contributed by atoms with E-state index in [-0.39, 0.29) is 11.7 Å². The molecule has 0 unspecified atom stereocenters. The second-order valence-corrected chi connectivity index (χ2v) is 9.54. The lowest BCUT2D eigenvalue weighted by Gasteiger charge is -2.36. The van der Waals surface area contributed by atoms with Crippen molar-refractivity contribution in [1.82, 2.24) is 10.1 Å². The zero-order chi connectivity index (χ0) is 26.5. The number of benzene rings is 3. The zero-order valence-corrected chi connectivity index (χ0v) is 21.1. The molecule has 9 heteroatoms. The summed E-state index contributed by atoms with van der Waals surface area (Å²) in [4.78, 5) is 30.6. The van der Waals surface area contributed by atoms with Crippen LogP contribution < -0.4 is 15.0 Å². The molecule has 1 fully saturated rings. The Morgan fingerprint density at radius 2 is 1.79 bits per heavy atom. The van der Waals surface area contributed by atoms with E-state index in [0.717, 1.165) is 16.9 Å². The Morgan fingerprint density at radius 1 is 0.974 bits per heavy atom. The third-order valence-electron chi connectivity index (χ3n) is 7.37. The molecule has 0 spiro atoms. The molecular weight excluding hydrogens is 496 g/mol. The summed E-state index contributed by atoms with van der Waals surface area (Å²) < 4.78 is 16.6. The van der Waals surface area contributed by atoms with Gasteiger partial charge in [0.1, 0.15) is 11.3 Å². The van der Waals surface area contributed by atoms with Crippen LogP contribution in [0, 0.1) is 0 Å². The number of amides is 1. The minimum absolute atomic E-state index is 0.0860. The molecule has 1 aliphatic carbocycles. The van der Waals surface area contributed by atoms with Crippen molar-refractivity contribution in [3.05, 3.63) is 89.9 Å². The standard InChI is InChI=1S/C30H24N4O5/c1-37-19-7-4-6-18(16-19)31-22-17-23(33-11-13-34(14-12-33)30(36)24-10-5-15-38-24)27-26-25(22)28(35)20-8-2-3-9-21(20)29(26)39-32-27/h2-10,15-17,31H,11-14H2,1H3. The number of anilines is 3. The van der Waals surface area contributed by atoms with Crippen molar-refractivity contribution < 1.29 is 23.3 Å². The molecule has 0 atom stereocenters. The number of aromatic nitrogens is 1. The minimum Gasteiger partial charge on any atom is -0.497 e. The maximum absolute atomic E-state index is 13.8. The number of nitrogens with one attached hydrogen (secondary N) is 1. The first-order valence-electron chi connectivity index (χ1n) is 12.7. The van der Waals surface area contributed by atoms with Gasteiger partial charge in [0.25, 0.3) is 5.91 Å². The van der Waals surface area contributed by atoms with Crippen molar-refractivity contribution in [2.24, 2.45) is 0 Å². The number of ketones is 1. The van der Waals surface area contributed by atoms with Gasteiger partial charge in [0.15, 0.2) is 17.3 Å². The number of rotatable bonds is 5. The third-order valence-corrected chi connectivity index (χ3v) is 7.37. The highest BCUT2D eigenvalue weighted by molar-refractivity contribution is 6.28. The molecule has 3 aromatic carbocycles. The maximum atomic E-state index is 13.8. The molecule has 1 amide bonds. The van der Waals surface area contributed by atoms with Crippen molar-refractivity contribution in [3.63, 3.8) is 0 Å². The molecule has 9 nitrogen and oxygen atoms in total. The average Bonchev–Trinajstić information content (AvgIpc) is 3.67. The van der Waals surface area contributed by atoms with Crippen LogP contribution in [-0.4, -0.2) is 55.0 Å². The van der Waals surface area contributed by atoms with Crippen LogP contribution in [0.5, 0.6) is 5.75 Å². The first-order valence-corrected chi connectivity index (χ1v) is 12.7. The predicted octanol–water partition coefficient (Wildman–Crippen LogP) is 5.35. The number of carbonyl (C=O) groups is 2. The molecule has 39 heavy (non-hydrogen) atoms. The van der Waals surface area contributed by atoms with E-state index in [0.29, 0.717) is 71.2 Å². The summed E-state index contributed by atoms with van der Waals surface area (Å²) >= 11 is 0. The Labute approximate surface area is 223 Å². The maximum Gasteiger partial charge on any atom is 0.289 e. The second kappa shape index (κ2) is 9.05. The van der Waals surface area contributed by atoms with Crippen LogP contribution >= 0.6 is 0 Å². The number of furan rings is 1. The fourth-order valence-corrected chi connectivity index (χ4v) is 5.44. The molecule has 2 aromatic heterocycles. The highest BCUT2D eigenvalue weighted by atomic mass is 16.5. The minimum atomic E-state index is -0.124. The second-order valence-electron chi connectivity index (χ2n) is 9.54. The third kappa shape index (κ3) is 3.73. The molecule has 1 aliphatic heterocycles. The van der Waals surface area contributed by atoms with Crippen LogP contribution in [-0.2, 0) is 0 Å². The lowest BCUT2D eigenvalue weighted by atomic mass is 9.86. The molecular formula is C30H24N4O5. The van der Waals surface area contributed by atoms with Crippen LogP contribution in [0.4, 0.5) is 17.1 Å². The summed E-state index contributed by atoms with van der Waals surface area (Å²) in [6.07, 6.45) is 1.50. The smallest absolute Gasteiger partial charge is 0.289 e. The van der Waals surface area contributed by atoms with Gasteiger partial charge in [0.05, 0.1) is 35.7 Å². The summed E-state index contributed by atoms with van der Waals surface area (Å²) in [7, 11) is 1.62. The summed E-state index contributed by atoms with van der Waals surface area (Å²) in [5, 5.41) is 8.60. The van der Waals surface area contributed by atoms with Crippen LogP contribution in [0.15, 0.2) is 81.9 Å². The number of hydrogen-bond donors (Lipinski definition) is 1. The van der Waals surface area contributed by atoms with Crippen molar-refractivity contribution in [2.75, 3.05) is 43.5 Å². The molecule has 194 valence electrons. The van der Waals surface area contributed by atoms with Gasteiger partial charge >= 0.3 is 0 Å². The molecule has 0 bridgehead atoms. The summed E-state index contributed by atoms with van der Waals surface area (Å²) in [6, 6.07) is 20.4. The van der Waals surface area contributed by atoms with Crippen LogP contribution in [0.1, 0.15) is 26.5 Å². The van der Waals surface area contributed by atoms with Crippen molar-refractivity contribution >= 4 is 39.7 Å². The average molecular weight is 521 g/mol. The molecule has 2 aliphatic rings. The van der Waals surface area contributed by atoms with Crippen molar-refractivity contribution in [3.8, 4) is 17.1 Å². The Kier molecular flexibility index (Phi) is 5.36. The highest BCUT2D eigenvalue weighted by Gasteiger charge is 2.34. The summed E-state index contributed by atoms with van der Waals surface area (Å²) in [5.74, 6) is 1.41. The lowest BCUT2D eigenvalue weighted by Crippen LogP contribution is -2.48. The van der Waals surface area contributed by atoms with E-state index in [1.807, 2.05) is 54.6 Å². The molecule has 0 radical (unpaired) electrons. The normalized spacial score (nSPS) is 14.4. The van der Waals surface area contributed by atoms with Gasteiger partial charge < -0.3 is 28.8 Å². The SMILES string of the molecule is COc1cccc(Nc2cc(N3CCN(C(=O)c4ccco4)CC3)c3noc4c3c2C(=O)c2ccccc2-4)c1. The van der Waals surface area contributed by atoms with Gasteiger partial charge in [-0.1, -0.05) is 35.5 Å². The van der Waals surface area contributed by atoms with Crippen molar-refractivity contribution in [1.29, 1.82) is 0 Å². The summed E-state index contributed by atoms with van der Waals surface area (Å²) in [6.45, 7) is 2.22. The van der Waals surface area contributed by atoms with Gasteiger partial charge in [-0.25, -0.2) is 0 Å². The molecule has 5 aromatic rings. The van der Waals surface area contributed by atoms with Gasteiger partial charge in [-0.15, -0.1) is 0 Å². The number of ether oxygens (including phenoxy) is 1. The Bertz CT molecular complexity index is 1730. The van der Waals surface area contributed by atoms with E-state index in [4.69, 9.17) is 13.7 Å². The molecule has 3 heterocycles. The topological polar surface area (TPSA) is 101 Å². The largest absolute Gasteiger partial charge is 0.497 e. The van der Waals surface area contributed by atoms with E-state index in [1.165, 1.54) is 6.26 Å². The van der Waals surface area contributed by atoms with Gasteiger partial charge in [-0.3, -0.25) is 9.59 Å². The highest BCUT2D eigenvalue weighted by Crippen LogP contribution is 2.46. The Hall–Kier alpha value is -5.05. The van der Waals surface area contributed by atoms with Crippen molar-refractivity contribution in [2.45, 2.75) is 0 Å². The molecule has 1 saturated heterocycles. The van der Waals surface area contributed by atoms with Crippen LogP contribution in [0.2, 0.25) is 0 Å². The Morgan fingerprint density at radius 3 is 2.56 bits per heavy atom. The predicted molar refractivity (Wildman–Crippen MR) is 146 cm³/mol. The number of carbonyl (C=O) groups excluding carboxylic acids is 2. The number of fused-ring (bicyclic) bond motifs is 2. The number of hydrogen-bond acceptors (Lipinski definition) is 8. The van der Waals surface area contributed by atoms with Gasteiger partial charge in [0.2, 0.25) is 0 Å². The molecule has 0 saturated carbocycles. The molecule has 1 N–H and O–H groups in total. The first kappa shape index (κ1) is 23.1.